The van der Waals surface area contributed by atoms with Crippen molar-refractivity contribution in [1.29, 1.82) is 0 Å². The minimum absolute atomic E-state index is 0. The Bertz CT molecular complexity index is 675. The van der Waals surface area contributed by atoms with Crippen LogP contribution in [-0.2, 0) is 0 Å². The number of rotatable bonds is 2. The molecule has 1 N–H and O–H groups in total. The highest BCUT2D eigenvalue weighted by Crippen LogP contribution is 2.32. The van der Waals surface area contributed by atoms with Gasteiger partial charge in [0.1, 0.15) is 0 Å². The highest BCUT2D eigenvalue weighted by molar-refractivity contribution is 7.19. The van der Waals surface area contributed by atoms with E-state index in [0.717, 1.165) is 31.1 Å². The number of fused-ring (bicyclic) bond motifs is 1. The molecule has 2 saturated heterocycles. The molecule has 0 radical (unpaired) electrons. The average molecular weight is 360 g/mol. The van der Waals surface area contributed by atoms with Gasteiger partial charge >= 0.3 is 0 Å². The molecule has 5 nitrogen and oxygen atoms in total. The first-order valence-electron chi connectivity index (χ1n) is 6.93. The molecule has 2 aliphatic heterocycles. The number of amides is 1. The molecule has 0 spiro atoms. The zero-order valence-corrected chi connectivity index (χ0v) is 14.0. The molecule has 8 heteroatoms. The summed E-state index contributed by atoms with van der Waals surface area (Å²) in [5.41, 5.74) is 0.377. The Morgan fingerprint density at radius 2 is 2.09 bits per heavy atom. The van der Waals surface area contributed by atoms with Crippen molar-refractivity contribution in [3.8, 4) is 10.6 Å². The van der Waals surface area contributed by atoms with Crippen LogP contribution in [0.15, 0.2) is 22.7 Å². The van der Waals surface area contributed by atoms with Gasteiger partial charge in [-0.3, -0.25) is 4.79 Å². The Morgan fingerprint density at radius 3 is 2.73 bits per heavy atom. The largest absolute Gasteiger partial charge is 0.355 e. The molecule has 2 aliphatic rings. The molecular weight excluding hydrogens is 345 g/mol. The summed E-state index contributed by atoms with van der Waals surface area (Å²) in [6.45, 7) is 3.63. The lowest BCUT2D eigenvalue weighted by molar-refractivity contribution is 0.0771. The lowest BCUT2D eigenvalue weighted by Gasteiger charge is -2.15. The van der Waals surface area contributed by atoms with Crippen LogP contribution in [0.25, 0.3) is 10.6 Å². The molecule has 118 valence electrons. The third-order valence-electron chi connectivity index (χ3n) is 4.22. The van der Waals surface area contributed by atoms with E-state index in [2.05, 4.69) is 10.5 Å². The Kier molecular flexibility index (Phi) is 4.45. The first-order valence-corrected chi connectivity index (χ1v) is 8.12. The van der Waals surface area contributed by atoms with Gasteiger partial charge in [0, 0.05) is 32.2 Å². The van der Waals surface area contributed by atoms with Crippen molar-refractivity contribution in [2.24, 2.45) is 11.8 Å². The molecular formula is C14H15Cl2N3O2S. The smallest absolute Gasteiger partial charge is 0.276 e. The van der Waals surface area contributed by atoms with Gasteiger partial charge in [0.2, 0.25) is 0 Å². The van der Waals surface area contributed by atoms with Crippen LogP contribution in [0.2, 0.25) is 4.34 Å². The van der Waals surface area contributed by atoms with E-state index in [1.54, 1.807) is 12.1 Å². The number of likely N-dealkylation sites (tertiary alicyclic amines) is 1. The van der Waals surface area contributed by atoms with E-state index in [4.69, 9.17) is 16.1 Å². The Hall–Kier alpha value is -1.08. The summed E-state index contributed by atoms with van der Waals surface area (Å²) < 4.78 is 5.97. The first kappa shape index (κ1) is 15.8. The average Bonchev–Trinajstić information content (AvgIpc) is 3.20. The monoisotopic (exact) mass is 359 g/mol. The summed E-state index contributed by atoms with van der Waals surface area (Å²) in [5, 5.41) is 7.29. The number of nitrogens with one attached hydrogen (secondary N) is 1. The normalized spacial score (nSPS) is 23.4. The molecule has 22 heavy (non-hydrogen) atoms. The first-order chi connectivity index (χ1) is 10.2. The molecule has 4 rings (SSSR count). The van der Waals surface area contributed by atoms with E-state index >= 15 is 0 Å². The predicted octanol–water partition coefficient (Wildman–Crippen LogP) is 2.77. The van der Waals surface area contributed by atoms with Gasteiger partial charge in [-0.05, 0) is 24.0 Å². The van der Waals surface area contributed by atoms with Crippen LogP contribution in [0.5, 0.6) is 0 Å². The molecule has 0 bridgehead atoms. The van der Waals surface area contributed by atoms with Crippen LogP contribution in [-0.4, -0.2) is 42.1 Å². The third kappa shape index (κ3) is 2.76. The summed E-state index contributed by atoms with van der Waals surface area (Å²) >= 11 is 7.32. The van der Waals surface area contributed by atoms with E-state index in [9.17, 15) is 4.79 Å². The van der Waals surface area contributed by atoms with Crippen LogP contribution < -0.4 is 5.32 Å². The number of thiophene rings is 1. The molecule has 0 aromatic carbocycles. The molecule has 2 fully saturated rings. The number of carbonyl (C=O) groups is 1. The van der Waals surface area contributed by atoms with Gasteiger partial charge in [-0.2, -0.15) is 0 Å². The lowest BCUT2D eigenvalue weighted by Crippen LogP contribution is -2.32. The molecule has 0 unspecified atom stereocenters. The fourth-order valence-electron chi connectivity index (χ4n) is 3.12. The highest BCUT2D eigenvalue weighted by Gasteiger charge is 2.38. The quantitative estimate of drug-likeness (QED) is 0.895. The Morgan fingerprint density at radius 1 is 1.36 bits per heavy atom. The van der Waals surface area contributed by atoms with Crippen molar-refractivity contribution in [2.75, 3.05) is 26.2 Å². The van der Waals surface area contributed by atoms with E-state index in [1.165, 1.54) is 11.3 Å². The van der Waals surface area contributed by atoms with Crippen molar-refractivity contribution in [3.05, 3.63) is 28.2 Å². The summed E-state index contributed by atoms with van der Waals surface area (Å²) in [5.74, 6) is 1.71. The van der Waals surface area contributed by atoms with Gasteiger partial charge in [-0.25, -0.2) is 0 Å². The second-order valence-corrected chi connectivity index (χ2v) is 7.28. The van der Waals surface area contributed by atoms with E-state index in [0.29, 0.717) is 27.6 Å². The Balaban J connectivity index is 0.00000144. The second kappa shape index (κ2) is 6.20. The molecule has 1 amide bonds. The van der Waals surface area contributed by atoms with Crippen LogP contribution in [0.3, 0.4) is 0 Å². The third-order valence-corrected chi connectivity index (χ3v) is 5.47. The van der Waals surface area contributed by atoms with Crippen LogP contribution in [0, 0.1) is 11.8 Å². The zero-order valence-electron chi connectivity index (χ0n) is 11.6. The van der Waals surface area contributed by atoms with Crippen molar-refractivity contribution in [3.63, 3.8) is 0 Å². The summed E-state index contributed by atoms with van der Waals surface area (Å²) in [7, 11) is 0. The highest BCUT2D eigenvalue weighted by atomic mass is 35.5. The number of aromatic nitrogens is 1. The number of halogens is 2. The van der Waals surface area contributed by atoms with Gasteiger partial charge in [-0.15, -0.1) is 23.7 Å². The topological polar surface area (TPSA) is 58.4 Å². The molecule has 2 aromatic rings. The summed E-state index contributed by atoms with van der Waals surface area (Å²) in [6.07, 6.45) is 0. The molecule has 2 aromatic heterocycles. The molecule has 0 aliphatic carbocycles. The maximum absolute atomic E-state index is 12.5. The van der Waals surface area contributed by atoms with Crippen LogP contribution in [0.1, 0.15) is 10.5 Å². The molecule has 2 atom stereocenters. The van der Waals surface area contributed by atoms with E-state index in [-0.39, 0.29) is 18.3 Å². The Labute approximate surface area is 143 Å². The van der Waals surface area contributed by atoms with E-state index in [1.807, 2.05) is 11.0 Å². The van der Waals surface area contributed by atoms with Gasteiger partial charge in [0.15, 0.2) is 11.5 Å². The number of hydrogen-bond donors (Lipinski definition) is 1. The standard InChI is InChI=1S/C14H14ClN3O2S.ClH/c15-13-2-1-12(21-13)11-3-10(17-20-11)14(19)18-6-8-4-16-5-9(8)7-18;/h1-3,8-9,16H,4-7H2;1H/t8-,9+;. The maximum Gasteiger partial charge on any atom is 0.276 e. The predicted molar refractivity (Wildman–Crippen MR) is 87.8 cm³/mol. The second-order valence-electron chi connectivity index (χ2n) is 5.57. The van der Waals surface area contributed by atoms with Crippen molar-refractivity contribution >= 4 is 41.3 Å². The van der Waals surface area contributed by atoms with Gasteiger partial charge in [0.05, 0.1) is 9.21 Å². The van der Waals surface area contributed by atoms with Crippen LogP contribution in [0.4, 0.5) is 0 Å². The molecule has 0 saturated carbocycles. The minimum Gasteiger partial charge on any atom is -0.355 e. The van der Waals surface area contributed by atoms with Crippen molar-refractivity contribution in [1.82, 2.24) is 15.4 Å². The summed E-state index contributed by atoms with van der Waals surface area (Å²) in [6, 6.07) is 5.38. The fourth-order valence-corrected chi connectivity index (χ4v) is 4.11. The fraction of sp³-hybridized carbons (Fsp3) is 0.429. The van der Waals surface area contributed by atoms with Crippen molar-refractivity contribution < 1.29 is 9.32 Å². The van der Waals surface area contributed by atoms with Gasteiger partial charge in [-0.1, -0.05) is 16.8 Å². The van der Waals surface area contributed by atoms with Gasteiger partial charge in [0.25, 0.3) is 5.91 Å². The van der Waals surface area contributed by atoms with Gasteiger partial charge < -0.3 is 14.7 Å². The SMILES string of the molecule is Cl.O=C(c1cc(-c2ccc(Cl)s2)on1)N1C[C@H]2CNC[C@H]2C1. The number of carbonyl (C=O) groups excluding carboxylic acids is 1. The molecule has 4 heterocycles. The van der Waals surface area contributed by atoms with Crippen LogP contribution >= 0.6 is 35.3 Å². The summed E-state index contributed by atoms with van der Waals surface area (Å²) in [4.78, 5) is 15.3. The maximum atomic E-state index is 12.5. The van der Waals surface area contributed by atoms with Crippen molar-refractivity contribution in [2.45, 2.75) is 0 Å². The minimum atomic E-state index is -0.0398. The number of hydrogen-bond acceptors (Lipinski definition) is 5. The lowest BCUT2D eigenvalue weighted by atomic mass is 10.0. The number of nitrogens with zero attached hydrogens (tertiary/aromatic N) is 2. The van der Waals surface area contributed by atoms with E-state index < -0.39 is 0 Å². The zero-order chi connectivity index (χ0) is 14.4.